The Morgan fingerprint density at radius 3 is 2.17 bits per heavy atom. The standard InChI is InChI=1S/C18H15Cl2NO2/c1-21(14-10-6-3-7-11-14)16-12-15(13-8-4-2-5-9-13)23-17(22)18(16,19)20/h2-12,16H,1H3. The highest BCUT2D eigenvalue weighted by atomic mass is 35.5. The Bertz CT molecular complexity index is 729. The van der Waals surface area contributed by atoms with Gasteiger partial charge in [0.25, 0.3) is 0 Å². The molecule has 0 aromatic heterocycles. The first kappa shape index (κ1) is 15.9. The molecule has 0 spiro atoms. The Morgan fingerprint density at radius 1 is 1.00 bits per heavy atom. The van der Waals surface area contributed by atoms with Crippen LogP contribution in [0, 0.1) is 0 Å². The number of nitrogens with zero attached hydrogens (tertiary/aromatic N) is 1. The van der Waals surface area contributed by atoms with E-state index >= 15 is 0 Å². The summed E-state index contributed by atoms with van der Waals surface area (Å²) in [6, 6.07) is 18.5. The lowest BCUT2D eigenvalue weighted by molar-refractivity contribution is -0.138. The number of benzene rings is 2. The zero-order valence-electron chi connectivity index (χ0n) is 12.4. The van der Waals surface area contributed by atoms with Crippen LogP contribution in [0.1, 0.15) is 5.56 Å². The van der Waals surface area contributed by atoms with Crippen molar-refractivity contribution in [1.82, 2.24) is 0 Å². The summed E-state index contributed by atoms with van der Waals surface area (Å²) in [7, 11) is 1.84. The van der Waals surface area contributed by atoms with Crippen molar-refractivity contribution in [2.75, 3.05) is 11.9 Å². The zero-order chi connectivity index (χ0) is 16.4. The van der Waals surface area contributed by atoms with E-state index in [1.165, 1.54) is 0 Å². The molecule has 1 heterocycles. The number of hydrogen-bond donors (Lipinski definition) is 0. The fourth-order valence-corrected chi connectivity index (χ4v) is 3.00. The maximum atomic E-state index is 12.3. The third-order valence-electron chi connectivity index (χ3n) is 3.79. The fraction of sp³-hybridized carbons (Fsp3) is 0.167. The van der Waals surface area contributed by atoms with Crippen LogP contribution in [0.25, 0.3) is 5.76 Å². The monoisotopic (exact) mass is 347 g/mol. The second-order valence-corrected chi connectivity index (χ2v) is 6.69. The van der Waals surface area contributed by atoms with E-state index in [2.05, 4.69) is 0 Å². The minimum Gasteiger partial charge on any atom is -0.424 e. The van der Waals surface area contributed by atoms with Gasteiger partial charge in [0, 0.05) is 18.3 Å². The number of cyclic esters (lactones) is 1. The van der Waals surface area contributed by atoms with Crippen LogP contribution < -0.4 is 4.90 Å². The molecule has 0 fully saturated rings. The summed E-state index contributed by atoms with van der Waals surface area (Å²) in [6.07, 6.45) is 1.78. The number of halogens is 2. The van der Waals surface area contributed by atoms with Gasteiger partial charge in [-0.3, -0.25) is 0 Å². The van der Waals surface area contributed by atoms with Crippen molar-refractivity contribution in [2.45, 2.75) is 10.4 Å². The quantitative estimate of drug-likeness (QED) is 0.613. The largest absolute Gasteiger partial charge is 0.424 e. The molecule has 0 saturated heterocycles. The second-order valence-electron chi connectivity index (χ2n) is 5.30. The Morgan fingerprint density at radius 2 is 1.57 bits per heavy atom. The molecule has 0 aliphatic carbocycles. The van der Waals surface area contributed by atoms with Crippen molar-refractivity contribution >= 4 is 40.6 Å². The number of anilines is 1. The molecule has 118 valence electrons. The molecular formula is C18H15Cl2NO2. The number of esters is 1. The molecule has 1 unspecified atom stereocenters. The van der Waals surface area contributed by atoms with E-state index in [1.807, 2.05) is 72.6 Å². The maximum Gasteiger partial charge on any atom is 0.350 e. The van der Waals surface area contributed by atoms with E-state index in [-0.39, 0.29) is 0 Å². The minimum atomic E-state index is -1.68. The third-order valence-corrected chi connectivity index (χ3v) is 4.55. The fourth-order valence-electron chi connectivity index (χ4n) is 2.51. The summed E-state index contributed by atoms with van der Waals surface area (Å²) in [5.41, 5.74) is 1.71. The van der Waals surface area contributed by atoms with Gasteiger partial charge in [-0.1, -0.05) is 71.7 Å². The van der Waals surface area contributed by atoms with Crippen LogP contribution in [0.5, 0.6) is 0 Å². The van der Waals surface area contributed by atoms with Crippen molar-refractivity contribution in [3.63, 3.8) is 0 Å². The molecule has 3 nitrogen and oxygen atoms in total. The molecule has 2 aromatic carbocycles. The molecule has 0 radical (unpaired) electrons. The summed E-state index contributed by atoms with van der Waals surface area (Å²) in [4.78, 5) is 14.2. The van der Waals surface area contributed by atoms with E-state index in [0.717, 1.165) is 11.3 Å². The zero-order valence-corrected chi connectivity index (χ0v) is 14.0. The van der Waals surface area contributed by atoms with Gasteiger partial charge in [0.2, 0.25) is 4.33 Å². The third kappa shape index (κ3) is 3.07. The van der Waals surface area contributed by atoms with Gasteiger partial charge in [-0.25, -0.2) is 4.79 Å². The van der Waals surface area contributed by atoms with E-state index in [9.17, 15) is 4.79 Å². The van der Waals surface area contributed by atoms with E-state index in [0.29, 0.717) is 5.76 Å². The van der Waals surface area contributed by atoms with Crippen molar-refractivity contribution in [3.8, 4) is 0 Å². The number of alkyl halides is 2. The topological polar surface area (TPSA) is 29.5 Å². The van der Waals surface area contributed by atoms with Gasteiger partial charge in [-0.05, 0) is 18.2 Å². The van der Waals surface area contributed by atoms with E-state index in [1.54, 1.807) is 6.08 Å². The Labute approximate surface area is 145 Å². The highest BCUT2D eigenvalue weighted by Crippen LogP contribution is 2.39. The lowest BCUT2D eigenvalue weighted by Crippen LogP contribution is -2.51. The number of carbonyl (C=O) groups is 1. The molecule has 0 bridgehead atoms. The number of likely N-dealkylation sites (N-methyl/N-ethyl adjacent to an activating group) is 1. The Balaban J connectivity index is 2.02. The average molecular weight is 348 g/mol. The van der Waals surface area contributed by atoms with Crippen LogP contribution in [-0.4, -0.2) is 23.4 Å². The average Bonchev–Trinajstić information content (AvgIpc) is 2.58. The van der Waals surface area contributed by atoms with Crippen molar-refractivity contribution < 1.29 is 9.53 Å². The van der Waals surface area contributed by atoms with Crippen LogP contribution in [0.2, 0.25) is 0 Å². The molecule has 0 amide bonds. The summed E-state index contributed by atoms with van der Waals surface area (Å²) in [6.45, 7) is 0. The van der Waals surface area contributed by atoms with E-state index < -0.39 is 16.3 Å². The Kier molecular flexibility index (Phi) is 4.33. The molecule has 1 atom stereocenters. The lowest BCUT2D eigenvalue weighted by atomic mass is 10.0. The van der Waals surface area contributed by atoms with Crippen LogP contribution in [0.3, 0.4) is 0 Å². The predicted molar refractivity (Wildman–Crippen MR) is 93.6 cm³/mol. The molecule has 1 aliphatic rings. The molecule has 2 aromatic rings. The number of carbonyl (C=O) groups excluding carboxylic acids is 1. The van der Waals surface area contributed by atoms with Crippen molar-refractivity contribution in [2.24, 2.45) is 0 Å². The number of para-hydroxylation sites is 1. The molecule has 1 aliphatic heterocycles. The number of ether oxygens (including phenoxy) is 1. The first-order valence-corrected chi connectivity index (χ1v) is 7.91. The normalized spacial score (nSPS) is 19.7. The predicted octanol–water partition coefficient (Wildman–Crippen LogP) is 4.26. The molecule has 3 rings (SSSR count). The van der Waals surface area contributed by atoms with Crippen LogP contribution in [0.15, 0.2) is 66.7 Å². The highest BCUT2D eigenvalue weighted by molar-refractivity contribution is 6.58. The van der Waals surface area contributed by atoms with Crippen molar-refractivity contribution in [1.29, 1.82) is 0 Å². The summed E-state index contributed by atoms with van der Waals surface area (Å²) in [5, 5.41) is 0. The maximum absolute atomic E-state index is 12.3. The van der Waals surface area contributed by atoms with Gasteiger partial charge >= 0.3 is 5.97 Å². The molecule has 5 heteroatoms. The summed E-state index contributed by atoms with van der Waals surface area (Å²) in [5.74, 6) is -0.213. The lowest BCUT2D eigenvalue weighted by Gasteiger charge is -2.38. The highest BCUT2D eigenvalue weighted by Gasteiger charge is 2.49. The van der Waals surface area contributed by atoms with Gasteiger partial charge in [0.1, 0.15) is 5.76 Å². The van der Waals surface area contributed by atoms with Gasteiger partial charge in [-0.15, -0.1) is 0 Å². The van der Waals surface area contributed by atoms with Crippen LogP contribution in [0.4, 0.5) is 5.69 Å². The van der Waals surface area contributed by atoms with E-state index in [4.69, 9.17) is 27.9 Å². The molecule has 0 N–H and O–H groups in total. The Hall–Kier alpha value is -1.97. The first-order chi connectivity index (χ1) is 11.0. The second kappa shape index (κ2) is 6.26. The van der Waals surface area contributed by atoms with Gasteiger partial charge in [0.05, 0.1) is 6.04 Å². The van der Waals surface area contributed by atoms with Crippen molar-refractivity contribution in [3.05, 3.63) is 72.3 Å². The first-order valence-electron chi connectivity index (χ1n) is 7.15. The summed E-state index contributed by atoms with van der Waals surface area (Å²) < 4.78 is 3.66. The smallest absolute Gasteiger partial charge is 0.350 e. The number of rotatable bonds is 3. The minimum absolute atomic E-state index is 0.459. The van der Waals surface area contributed by atoms with Gasteiger partial charge in [-0.2, -0.15) is 0 Å². The SMILES string of the molecule is CN(c1ccccc1)C1C=C(c2ccccc2)OC(=O)C1(Cl)Cl. The molecule has 23 heavy (non-hydrogen) atoms. The van der Waals surface area contributed by atoms with Gasteiger partial charge < -0.3 is 9.64 Å². The van der Waals surface area contributed by atoms with Crippen LogP contribution >= 0.6 is 23.2 Å². The molecule has 0 saturated carbocycles. The number of hydrogen-bond acceptors (Lipinski definition) is 3. The van der Waals surface area contributed by atoms with Crippen LogP contribution in [-0.2, 0) is 9.53 Å². The summed E-state index contributed by atoms with van der Waals surface area (Å²) >= 11 is 12.6. The van der Waals surface area contributed by atoms with Gasteiger partial charge in [0.15, 0.2) is 0 Å². The molecular weight excluding hydrogens is 333 g/mol.